The molecule has 0 saturated carbocycles. The highest BCUT2D eigenvalue weighted by molar-refractivity contribution is 6.00. The largest absolute Gasteiger partial charge is 0.507 e. The number of β-amino-alcohol motifs (C(OH)–C–C–N with tert-alkyl or cyclic N) is 1. The lowest BCUT2D eigenvalue weighted by molar-refractivity contribution is 0.0706. The second kappa shape index (κ2) is 6.51. The molecule has 138 valence electrons. The molecule has 0 spiro atoms. The molecule has 1 aromatic heterocycles. The van der Waals surface area contributed by atoms with Crippen molar-refractivity contribution in [1.29, 1.82) is 0 Å². The van der Waals surface area contributed by atoms with Gasteiger partial charge < -0.3 is 15.1 Å². The van der Waals surface area contributed by atoms with E-state index >= 15 is 0 Å². The van der Waals surface area contributed by atoms with E-state index in [0.717, 1.165) is 5.56 Å². The number of halogens is 1. The predicted molar refractivity (Wildman–Crippen MR) is 96.8 cm³/mol. The van der Waals surface area contributed by atoms with E-state index in [9.17, 15) is 19.4 Å². The number of aryl methyl sites for hydroxylation is 1. The molecule has 1 amide bonds. The number of hydrogen-bond donors (Lipinski definition) is 3. The van der Waals surface area contributed by atoms with Gasteiger partial charge in [-0.05, 0) is 36.8 Å². The minimum absolute atomic E-state index is 0.0563. The Morgan fingerprint density at radius 1 is 1.22 bits per heavy atom. The summed E-state index contributed by atoms with van der Waals surface area (Å²) in [4.78, 5) is 14.4. The smallest absolute Gasteiger partial charge is 0.273 e. The minimum Gasteiger partial charge on any atom is -0.507 e. The molecule has 7 heteroatoms. The van der Waals surface area contributed by atoms with Crippen LogP contribution in [0.3, 0.4) is 0 Å². The van der Waals surface area contributed by atoms with Gasteiger partial charge in [0.05, 0.1) is 12.6 Å². The molecule has 1 aliphatic heterocycles. The lowest BCUT2D eigenvalue weighted by Gasteiger charge is -2.25. The van der Waals surface area contributed by atoms with Crippen LogP contribution >= 0.6 is 0 Å². The number of phenolic OH excluding ortho intramolecular Hbond substituents is 1. The number of aromatic amines is 1. The number of fused-ring (bicyclic) bond motifs is 1. The summed E-state index contributed by atoms with van der Waals surface area (Å²) in [6.45, 7) is 1.82. The number of carbonyl (C=O) groups excluding carboxylic acids is 1. The third kappa shape index (κ3) is 2.76. The Labute approximate surface area is 154 Å². The fourth-order valence-electron chi connectivity index (χ4n) is 3.57. The molecule has 0 bridgehead atoms. The van der Waals surface area contributed by atoms with Crippen molar-refractivity contribution in [3.63, 3.8) is 0 Å². The van der Waals surface area contributed by atoms with Gasteiger partial charge in [-0.1, -0.05) is 23.8 Å². The number of hydrogen-bond acceptors (Lipinski definition) is 4. The van der Waals surface area contributed by atoms with E-state index in [1.165, 1.54) is 17.0 Å². The fraction of sp³-hybridized carbons (Fsp3) is 0.200. The SMILES string of the molecule is Cc1ccc(O)c(-c2n[nH]c3c2C(c2ccc(F)cc2)N(CCO)C3=O)c1. The third-order valence-corrected chi connectivity index (χ3v) is 4.80. The van der Waals surface area contributed by atoms with Crippen molar-refractivity contribution in [2.45, 2.75) is 13.0 Å². The molecule has 0 fully saturated rings. The van der Waals surface area contributed by atoms with Crippen LogP contribution in [-0.4, -0.2) is 44.4 Å². The van der Waals surface area contributed by atoms with Crippen molar-refractivity contribution in [2.75, 3.05) is 13.2 Å². The van der Waals surface area contributed by atoms with E-state index in [4.69, 9.17) is 0 Å². The van der Waals surface area contributed by atoms with Crippen LogP contribution in [0.15, 0.2) is 42.5 Å². The normalized spacial score (nSPS) is 16.0. The number of rotatable bonds is 4. The number of benzene rings is 2. The van der Waals surface area contributed by atoms with Gasteiger partial charge in [-0.15, -0.1) is 0 Å². The molecular weight excluding hydrogens is 349 g/mol. The molecule has 1 unspecified atom stereocenters. The van der Waals surface area contributed by atoms with Crippen LogP contribution in [0.5, 0.6) is 5.75 Å². The Morgan fingerprint density at radius 2 is 1.96 bits per heavy atom. The number of nitrogens with zero attached hydrogens (tertiary/aromatic N) is 2. The van der Waals surface area contributed by atoms with E-state index < -0.39 is 6.04 Å². The summed E-state index contributed by atoms with van der Waals surface area (Å²) in [5.41, 5.74) is 3.54. The van der Waals surface area contributed by atoms with Crippen LogP contribution in [0.2, 0.25) is 0 Å². The van der Waals surface area contributed by atoms with E-state index in [1.54, 1.807) is 30.3 Å². The number of amides is 1. The van der Waals surface area contributed by atoms with Crippen LogP contribution < -0.4 is 0 Å². The van der Waals surface area contributed by atoms with Crippen LogP contribution in [0.4, 0.5) is 4.39 Å². The molecular formula is C20H18FN3O3. The molecule has 0 radical (unpaired) electrons. The van der Waals surface area contributed by atoms with Crippen LogP contribution in [0.1, 0.15) is 33.2 Å². The van der Waals surface area contributed by atoms with E-state index in [0.29, 0.717) is 28.1 Å². The number of aliphatic hydroxyl groups is 1. The number of aliphatic hydroxyl groups excluding tert-OH is 1. The molecule has 0 saturated heterocycles. The summed E-state index contributed by atoms with van der Waals surface area (Å²) >= 11 is 0. The zero-order chi connectivity index (χ0) is 19.1. The van der Waals surface area contributed by atoms with Gasteiger partial charge in [-0.3, -0.25) is 9.89 Å². The molecule has 0 aliphatic carbocycles. The highest BCUT2D eigenvalue weighted by atomic mass is 19.1. The van der Waals surface area contributed by atoms with Crippen LogP contribution in [0, 0.1) is 12.7 Å². The minimum atomic E-state index is -0.533. The molecule has 2 aromatic carbocycles. The second-order valence-electron chi connectivity index (χ2n) is 6.56. The highest BCUT2D eigenvalue weighted by Gasteiger charge is 2.42. The Morgan fingerprint density at radius 3 is 2.67 bits per heavy atom. The summed E-state index contributed by atoms with van der Waals surface area (Å²) in [7, 11) is 0. The summed E-state index contributed by atoms with van der Waals surface area (Å²) in [5, 5.41) is 26.8. The molecule has 6 nitrogen and oxygen atoms in total. The maximum atomic E-state index is 13.4. The first-order valence-corrected chi connectivity index (χ1v) is 8.56. The van der Waals surface area contributed by atoms with Gasteiger partial charge in [0, 0.05) is 17.7 Å². The molecule has 4 rings (SSSR count). The van der Waals surface area contributed by atoms with E-state index in [1.807, 2.05) is 6.92 Å². The van der Waals surface area contributed by atoms with Gasteiger partial charge in [0.25, 0.3) is 5.91 Å². The second-order valence-corrected chi connectivity index (χ2v) is 6.56. The average molecular weight is 367 g/mol. The lowest BCUT2D eigenvalue weighted by Crippen LogP contribution is -2.32. The lowest BCUT2D eigenvalue weighted by atomic mass is 9.95. The third-order valence-electron chi connectivity index (χ3n) is 4.80. The van der Waals surface area contributed by atoms with Crippen LogP contribution in [-0.2, 0) is 0 Å². The van der Waals surface area contributed by atoms with Gasteiger partial charge in [-0.2, -0.15) is 5.10 Å². The fourth-order valence-corrected chi connectivity index (χ4v) is 3.57. The average Bonchev–Trinajstić information content (AvgIpc) is 3.19. The van der Waals surface area contributed by atoms with E-state index in [-0.39, 0.29) is 30.6 Å². The Hall–Kier alpha value is -3.19. The number of nitrogens with one attached hydrogen (secondary N) is 1. The maximum Gasteiger partial charge on any atom is 0.273 e. The molecule has 27 heavy (non-hydrogen) atoms. The van der Waals surface area contributed by atoms with Gasteiger partial charge in [0.15, 0.2) is 0 Å². The first-order valence-electron chi connectivity index (χ1n) is 8.56. The van der Waals surface area contributed by atoms with Crippen molar-refractivity contribution < 1.29 is 19.4 Å². The highest BCUT2D eigenvalue weighted by Crippen LogP contribution is 2.44. The molecule has 1 atom stereocenters. The van der Waals surface area contributed by atoms with Crippen molar-refractivity contribution >= 4 is 5.91 Å². The Bertz CT molecular complexity index is 1010. The Kier molecular flexibility index (Phi) is 4.16. The van der Waals surface area contributed by atoms with Crippen molar-refractivity contribution in [2.24, 2.45) is 0 Å². The zero-order valence-corrected chi connectivity index (χ0v) is 14.6. The number of phenols is 1. The van der Waals surface area contributed by atoms with Gasteiger partial charge in [0.1, 0.15) is 23.0 Å². The molecule has 1 aliphatic rings. The zero-order valence-electron chi connectivity index (χ0n) is 14.6. The Balaban J connectivity index is 1.92. The van der Waals surface area contributed by atoms with Crippen LogP contribution in [0.25, 0.3) is 11.3 Å². The number of carbonyl (C=O) groups is 1. The van der Waals surface area contributed by atoms with Crippen molar-refractivity contribution in [3.05, 3.63) is 70.7 Å². The summed E-state index contributed by atoms with van der Waals surface area (Å²) in [6.07, 6.45) is 0. The van der Waals surface area contributed by atoms with Gasteiger partial charge in [0.2, 0.25) is 0 Å². The first-order chi connectivity index (χ1) is 13.0. The van der Waals surface area contributed by atoms with Crippen molar-refractivity contribution in [1.82, 2.24) is 15.1 Å². The quantitative estimate of drug-likeness (QED) is 0.661. The summed E-state index contributed by atoms with van der Waals surface area (Å²) < 4.78 is 13.4. The molecule has 3 N–H and O–H groups in total. The summed E-state index contributed by atoms with van der Waals surface area (Å²) in [6, 6.07) is 10.5. The molecule has 3 aromatic rings. The topological polar surface area (TPSA) is 89.5 Å². The van der Waals surface area contributed by atoms with Crippen molar-refractivity contribution in [3.8, 4) is 17.0 Å². The number of aromatic hydroxyl groups is 1. The standard InChI is InChI=1S/C20H18FN3O3/c1-11-2-7-15(26)14(10-11)17-16-18(23-22-17)20(27)24(8-9-25)19(16)12-3-5-13(21)6-4-12/h2-7,10,19,25-26H,8-9H2,1H3,(H,22,23). The molecule has 2 heterocycles. The van der Waals surface area contributed by atoms with Gasteiger partial charge >= 0.3 is 0 Å². The van der Waals surface area contributed by atoms with Gasteiger partial charge in [-0.25, -0.2) is 4.39 Å². The summed E-state index contributed by atoms with van der Waals surface area (Å²) in [5.74, 6) is -0.610. The maximum absolute atomic E-state index is 13.4. The first kappa shape index (κ1) is 17.2. The van der Waals surface area contributed by atoms with E-state index in [2.05, 4.69) is 10.2 Å². The number of aromatic nitrogens is 2. The monoisotopic (exact) mass is 367 g/mol. The number of H-pyrrole nitrogens is 1. The predicted octanol–water partition coefficient (Wildman–Crippen LogP) is 2.77.